The minimum Gasteiger partial charge on any atom is -0.315 e. The molecule has 1 fully saturated rings. The molecule has 0 spiro atoms. The van der Waals surface area contributed by atoms with E-state index in [9.17, 15) is 4.79 Å². The molecule has 1 aromatic carbocycles. The van der Waals surface area contributed by atoms with Crippen molar-refractivity contribution in [1.82, 2.24) is 10.3 Å². The van der Waals surface area contributed by atoms with Crippen molar-refractivity contribution >= 4 is 23.3 Å². The lowest BCUT2D eigenvalue weighted by Crippen LogP contribution is -2.49. The Morgan fingerprint density at radius 2 is 2.22 bits per heavy atom. The van der Waals surface area contributed by atoms with Crippen LogP contribution in [0.2, 0.25) is 5.02 Å². The van der Waals surface area contributed by atoms with Crippen molar-refractivity contribution in [2.75, 3.05) is 18.0 Å². The van der Waals surface area contributed by atoms with Crippen LogP contribution < -0.4 is 10.2 Å². The first-order valence-electron chi connectivity index (χ1n) is 7.88. The van der Waals surface area contributed by atoms with Gasteiger partial charge in [0.15, 0.2) is 5.82 Å². The van der Waals surface area contributed by atoms with Crippen LogP contribution in [0.25, 0.3) is 0 Å². The third-order valence-electron chi connectivity index (χ3n) is 4.09. The fourth-order valence-corrected chi connectivity index (χ4v) is 3.17. The molecule has 1 atom stereocenters. The number of hydrogen-bond donors (Lipinski definition) is 1. The van der Waals surface area contributed by atoms with Crippen LogP contribution >= 0.6 is 11.6 Å². The molecule has 1 N–H and O–H groups in total. The molecule has 2 aromatic rings. The van der Waals surface area contributed by atoms with Gasteiger partial charge in [0.05, 0.1) is 11.1 Å². The predicted octanol–water partition coefficient (Wildman–Crippen LogP) is 3.44. The number of piperidine rings is 1. The first-order valence-corrected chi connectivity index (χ1v) is 8.26. The fraction of sp³-hybridized carbons (Fsp3) is 0.333. The van der Waals surface area contributed by atoms with Gasteiger partial charge in [0.2, 0.25) is 0 Å². The van der Waals surface area contributed by atoms with Crippen molar-refractivity contribution in [3.8, 4) is 0 Å². The van der Waals surface area contributed by atoms with Crippen LogP contribution in [-0.4, -0.2) is 30.0 Å². The first kappa shape index (κ1) is 16.0. The molecule has 2 heterocycles. The standard InChI is InChI=1S/C18H20ClN3O/c1-13-5-2-6-14(11-13)18(23)22(15-7-3-9-20-12-15)17-16(19)8-4-10-21-17/h2,4-6,8,10-11,15,20H,3,7,9,12H2,1H3/t15-/m1/s1. The summed E-state index contributed by atoms with van der Waals surface area (Å²) < 4.78 is 0. The largest absolute Gasteiger partial charge is 0.315 e. The van der Waals surface area contributed by atoms with Gasteiger partial charge in [-0.15, -0.1) is 0 Å². The Labute approximate surface area is 141 Å². The molecule has 23 heavy (non-hydrogen) atoms. The number of halogens is 1. The van der Waals surface area contributed by atoms with Crippen LogP contribution in [0.4, 0.5) is 5.82 Å². The third-order valence-corrected chi connectivity index (χ3v) is 4.38. The number of anilines is 1. The number of nitrogens with zero attached hydrogens (tertiary/aromatic N) is 2. The van der Waals surface area contributed by atoms with E-state index in [1.165, 1.54) is 0 Å². The van der Waals surface area contributed by atoms with Crippen LogP contribution in [0.15, 0.2) is 42.6 Å². The Balaban J connectivity index is 2.01. The minimum absolute atomic E-state index is 0.0528. The summed E-state index contributed by atoms with van der Waals surface area (Å²) in [7, 11) is 0. The number of carbonyl (C=O) groups excluding carboxylic acids is 1. The lowest BCUT2D eigenvalue weighted by atomic mass is 10.0. The van der Waals surface area contributed by atoms with E-state index in [1.807, 2.05) is 31.2 Å². The fourth-order valence-electron chi connectivity index (χ4n) is 2.96. The van der Waals surface area contributed by atoms with Gasteiger partial charge in [0.25, 0.3) is 5.91 Å². The van der Waals surface area contributed by atoms with Gasteiger partial charge in [-0.2, -0.15) is 0 Å². The molecule has 4 nitrogen and oxygen atoms in total. The van der Waals surface area contributed by atoms with Crippen molar-refractivity contribution in [3.05, 3.63) is 58.7 Å². The molecule has 5 heteroatoms. The van der Waals surface area contributed by atoms with Gasteiger partial charge in [-0.05, 0) is 50.6 Å². The molecular formula is C18H20ClN3O. The zero-order valence-electron chi connectivity index (χ0n) is 13.1. The lowest BCUT2D eigenvalue weighted by molar-refractivity contribution is 0.0971. The third kappa shape index (κ3) is 3.54. The zero-order valence-corrected chi connectivity index (χ0v) is 13.9. The molecule has 1 saturated heterocycles. The molecule has 0 unspecified atom stereocenters. The summed E-state index contributed by atoms with van der Waals surface area (Å²) in [6.45, 7) is 3.72. The van der Waals surface area contributed by atoms with Crippen LogP contribution in [0.5, 0.6) is 0 Å². The average Bonchev–Trinajstić information content (AvgIpc) is 2.58. The van der Waals surface area contributed by atoms with E-state index in [1.54, 1.807) is 23.2 Å². The summed E-state index contributed by atoms with van der Waals surface area (Å²) in [5.41, 5.74) is 1.72. The van der Waals surface area contributed by atoms with Crippen LogP contribution in [-0.2, 0) is 0 Å². The van der Waals surface area contributed by atoms with E-state index in [0.29, 0.717) is 16.4 Å². The lowest BCUT2D eigenvalue weighted by Gasteiger charge is -2.34. The summed E-state index contributed by atoms with van der Waals surface area (Å²) in [5.74, 6) is 0.484. The summed E-state index contributed by atoms with van der Waals surface area (Å²) in [6, 6.07) is 11.2. The summed E-state index contributed by atoms with van der Waals surface area (Å²) in [5, 5.41) is 3.86. The number of rotatable bonds is 3. The number of carbonyl (C=O) groups is 1. The van der Waals surface area contributed by atoms with Crippen molar-refractivity contribution < 1.29 is 4.79 Å². The molecule has 120 valence electrons. The predicted molar refractivity (Wildman–Crippen MR) is 93.1 cm³/mol. The Kier molecular flexibility index (Phi) is 4.94. The number of aryl methyl sites for hydroxylation is 1. The highest BCUT2D eigenvalue weighted by Crippen LogP contribution is 2.28. The number of benzene rings is 1. The van der Waals surface area contributed by atoms with Gasteiger partial charge < -0.3 is 5.32 Å². The highest BCUT2D eigenvalue weighted by molar-refractivity contribution is 6.33. The Morgan fingerprint density at radius 1 is 1.35 bits per heavy atom. The highest BCUT2D eigenvalue weighted by atomic mass is 35.5. The van der Waals surface area contributed by atoms with Gasteiger partial charge in [-0.1, -0.05) is 29.3 Å². The second-order valence-electron chi connectivity index (χ2n) is 5.85. The van der Waals surface area contributed by atoms with Crippen molar-refractivity contribution in [1.29, 1.82) is 0 Å². The maximum atomic E-state index is 13.1. The van der Waals surface area contributed by atoms with Crippen LogP contribution in [0, 0.1) is 6.92 Å². The number of amides is 1. The Morgan fingerprint density at radius 3 is 2.91 bits per heavy atom. The van der Waals surface area contributed by atoms with Gasteiger partial charge in [0.1, 0.15) is 0 Å². The monoisotopic (exact) mass is 329 g/mol. The smallest absolute Gasteiger partial charge is 0.259 e. The molecule has 1 amide bonds. The topological polar surface area (TPSA) is 45.2 Å². The van der Waals surface area contributed by atoms with E-state index in [-0.39, 0.29) is 11.9 Å². The van der Waals surface area contributed by atoms with E-state index in [2.05, 4.69) is 10.3 Å². The maximum absolute atomic E-state index is 13.1. The first-order chi connectivity index (χ1) is 11.2. The van der Waals surface area contributed by atoms with Crippen LogP contribution in [0.3, 0.4) is 0 Å². The quantitative estimate of drug-likeness (QED) is 0.938. The highest BCUT2D eigenvalue weighted by Gasteiger charge is 2.30. The maximum Gasteiger partial charge on any atom is 0.259 e. The summed E-state index contributed by atoms with van der Waals surface area (Å²) >= 11 is 6.32. The van der Waals surface area contributed by atoms with Gasteiger partial charge in [-0.3, -0.25) is 9.69 Å². The minimum atomic E-state index is -0.0528. The molecular weight excluding hydrogens is 310 g/mol. The second kappa shape index (κ2) is 7.11. The zero-order chi connectivity index (χ0) is 16.2. The van der Waals surface area contributed by atoms with Crippen molar-refractivity contribution in [2.24, 2.45) is 0 Å². The Hall–Kier alpha value is -1.91. The van der Waals surface area contributed by atoms with Gasteiger partial charge in [-0.25, -0.2) is 4.98 Å². The average molecular weight is 330 g/mol. The molecule has 0 saturated carbocycles. The van der Waals surface area contributed by atoms with Crippen molar-refractivity contribution in [2.45, 2.75) is 25.8 Å². The van der Waals surface area contributed by atoms with E-state index >= 15 is 0 Å². The molecule has 3 rings (SSSR count). The normalized spacial score (nSPS) is 17.7. The summed E-state index contributed by atoms with van der Waals surface area (Å²) in [4.78, 5) is 19.3. The van der Waals surface area contributed by atoms with Gasteiger partial charge in [0, 0.05) is 18.3 Å². The molecule has 1 aliphatic rings. The molecule has 1 aliphatic heterocycles. The number of pyridine rings is 1. The number of nitrogens with one attached hydrogen (secondary N) is 1. The van der Waals surface area contributed by atoms with Crippen molar-refractivity contribution in [3.63, 3.8) is 0 Å². The summed E-state index contributed by atoms with van der Waals surface area (Å²) in [6.07, 6.45) is 3.65. The molecule has 1 aromatic heterocycles. The van der Waals surface area contributed by atoms with E-state index < -0.39 is 0 Å². The second-order valence-corrected chi connectivity index (χ2v) is 6.26. The molecule has 0 radical (unpaired) electrons. The Bertz CT molecular complexity index is 698. The van der Waals surface area contributed by atoms with E-state index in [4.69, 9.17) is 11.6 Å². The van der Waals surface area contributed by atoms with Crippen LogP contribution in [0.1, 0.15) is 28.8 Å². The molecule has 0 bridgehead atoms. The number of aromatic nitrogens is 1. The number of hydrogen-bond acceptors (Lipinski definition) is 3. The van der Waals surface area contributed by atoms with E-state index in [0.717, 1.165) is 31.5 Å². The van der Waals surface area contributed by atoms with Gasteiger partial charge >= 0.3 is 0 Å². The molecule has 0 aliphatic carbocycles. The SMILES string of the molecule is Cc1cccc(C(=O)N(c2ncccc2Cl)[C@@H]2CCCNC2)c1.